The highest BCUT2D eigenvalue weighted by atomic mass is 32.2. The molecule has 30 heavy (non-hydrogen) atoms. The Hall–Kier alpha value is -2.04. The van der Waals surface area contributed by atoms with Crippen molar-refractivity contribution in [1.29, 1.82) is 0 Å². The Labute approximate surface area is 180 Å². The first-order chi connectivity index (χ1) is 14.4. The number of aliphatic hydroxyl groups is 1. The Morgan fingerprint density at radius 3 is 2.70 bits per heavy atom. The topological polar surface area (TPSA) is 111 Å². The summed E-state index contributed by atoms with van der Waals surface area (Å²) in [6.07, 6.45) is 3.08. The summed E-state index contributed by atoms with van der Waals surface area (Å²) < 4.78 is 30.9. The van der Waals surface area contributed by atoms with Crippen molar-refractivity contribution >= 4 is 27.5 Å². The fourth-order valence-electron chi connectivity index (χ4n) is 3.46. The molecule has 1 aromatic heterocycles. The van der Waals surface area contributed by atoms with Crippen molar-refractivity contribution in [1.82, 2.24) is 15.1 Å². The van der Waals surface area contributed by atoms with Gasteiger partial charge >= 0.3 is 0 Å². The summed E-state index contributed by atoms with van der Waals surface area (Å²) in [6.45, 7) is -0.154. The molecular weight excluding hydrogens is 426 g/mol. The van der Waals surface area contributed by atoms with E-state index in [1.165, 1.54) is 0 Å². The van der Waals surface area contributed by atoms with Gasteiger partial charge in [-0.15, -0.1) is 0 Å². The van der Waals surface area contributed by atoms with Crippen molar-refractivity contribution in [3.8, 4) is 17.0 Å². The molecule has 0 radical (unpaired) electrons. The number of nitrogens with one attached hydrogen (secondary N) is 1. The minimum absolute atomic E-state index is 0.00584. The molecule has 8 nitrogen and oxygen atoms in total. The second-order valence-corrected chi connectivity index (χ2v) is 10.5. The number of sulfone groups is 1. The summed E-state index contributed by atoms with van der Waals surface area (Å²) in [5.41, 5.74) is 1.69. The number of carbonyl (C=O) groups is 1. The average molecular weight is 454 g/mol. The lowest BCUT2D eigenvalue weighted by molar-refractivity contribution is 0.0909. The van der Waals surface area contributed by atoms with Crippen LogP contribution in [-0.4, -0.2) is 72.5 Å². The number of thioether (sulfide) groups is 1. The molecule has 1 unspecified atom stereocenters. The Bertz CT molecular complexity index is 973. The summed E-state index contributed by atoms with van der Waals surface area (Å²) in [7, 11) is -1.53. The van der Waals surface area contributed by atoms with Crippen LogP contribution in [0.15, 0.2) is 30.3 Å². The molecular formula is C20H27N3O5S2. The second-order valence-electron chi connectivity index (χ2n) is 7.28. The van der Waals surface area contributed by atoms with Crippen molar-refractivity contribution < 1.29 is 23.1 Å². The van der Waals surface area contributed by atoms with Crippen molar-refractivity contribution in [3.05, 3.63) is 36.0 Å². The monoisotopic (exact) mass is 453 g/mol. The van der Waals surface area contributed by atoms with Crippen molar-refractivity contribution in [2.75, 3.05) is 37.2 Å². The lowest BCUT2D eigenvalue weighted by Gasteiger charge is -2.15. The SMILES string of the molecule is COc1ccc(-c2cc(C(=O)N[C@H](CO)CCSC)nn2C2CCS(=O)(=O)C2)cc1. The summed E-state index contributed by atoms with van der Waals surface area (Å²) in [5, 5.41) is 16.8. The van der Waals surface area contributed by atoms with Gasteiger partial charge < -0.3 is 15.2 Å². The predicted molar refractivity (Wildman–Crippen MR) is 118 cm³/mol. The standard InChI is InChI=1S/C20H27N3O5S2/c1-28-17-5-3-14(4-6-17)19-11-18(20(25)21-15(12-24)7-9-29-2)22-23(19)16-8-10-30(26,27)13-16/h3-6,11,15-16,24H,7-10,12-13H2,1-2H3,(H,21,25)/t15-,16?/m0/s1. The molecule has 164 valence electrons. The van der Waals surface area contributed by atoms with Crippen molar-refractivity contribution in [2.24, 2.45) is 0 Å². The van der Waals surface area contributed by atoms with Crippen LogP contribution in [0.3, 0.4) is 0 Å². The maximum Gasteiger partial charge on any atom is 0.272 e. The van der Waals surface area contributed by atoms with Gasteiger partial charge in [-0.05, 0) is 55.2 Å². The van der Waals surface area contributed by atoms with Gasteiger partial charge in [-0.3, -0.25) is 9.48 Å². The van der Waals surface area contributed by atoms with Crippen LogP contribution in [0.25, 0.3) is 11.3 Å². The second kappa shape index (κ2) is 9.84. The van der Waals surface area contributed by atoms with E-state index in [2.05, 4.69) is 10.4 Å². The van der Waals surface area contributed by atoms with Crippen LogP contribution >= 0.6 is 11.8 Å². The van der Waals surface area contributed by atoms with Crippen LogP contribution in [0, 0.1) is 0 Å². The minimum Gasteiger partial charge on any atom is -0.497 e. The van der Waals surface area contributed by atoms with Crippen LogP contribution < -0.4 is 10.1 Å². The molecule has 1 saturated heterocycles. The van der Waals surface area contributed by atoms with E-state index in [4.69, 9.17) is 4.74 Å². The van der Waals surface area contributed by atoms with E-state index in [0.29, 0.717) is 24.3 Å². The molecule has 0 aliphatic carbocycles. The van der Waals surface area contributed by atoms with Gasteiger partial charge in [-0.1, -0.05) is 0 Å². The maximum absolute atomic E-state index is 12.8. The van der Waals surface area contributed by atoms with E-state index in [1.54, 1.807) is 29.6 Å². The van der Waals surface area contributed by atoms with Crippen LogP contribution in [0.4, 0.5) is 0 Å². The normalized spacial score (nSPS) is 18.8. The zero-order valence-corrected chi connectivity index (χ0v) is 18.7. The lowest BCUT2D eigenvalue weighted by atomic mass is 10.1. The first-order valence-corrected chi connectivity index (χ1v) is 12.9. The third kappa shape index (κ3) is 5.35. The first-order valence-electron chi connectivity index (χ1n) is 9.72. The Balaban J connectivity index is 1.92. The number of benzene rings is 1. The zero-order chi connectivity index (χ0) is 21.7. The summed E-state index contributed by atoms with van der Waals surface area (Å²) in [6, 6.07) is 8.32. The van der Waals surface area contributed by atoms with E-state index in [0.717, 1.165) is 11.3 Å². The Morgan fingerprint density at radius 1 is 1.40 bits per heavy atom. The Kier molecular flexibility index (Phi) is 7.43. The van der Waals surface area contributed by atoms with Crippen molar-refractivity contribution in [2.45, 2.75) is 24.9 Å². The van der Waals surface area contributed by atoms with Gasteiger partial charge in [0.1, 0.15) is 5.75 Å². The maximum atomic E-state index is 12.8. The number of aromatic nitrogens is 2. The van der Waals surface area contributed by atoms with Gasteiger partial charge in [0.2, 0.25) is 0 Å². The van der Waals surface area contributed by atoms with E-state index in [9.17, 15) is 18.3 Å². The number of hydrogen-bond donors (Lipinski definition) is 2. The summed E-state index contributed by atoms with van der Waals surface area (Å²) in [5.74, 6) is 1.25. The fourth-order valence-corrected chi connectivity index (χ4v) is 5.67. The molecule has 2 aromatic rings. The molecule has 1 aliphatic rings. The number of ether oxygens (including phenoxy) is 1. The molecule has 0 saturated carbocycles. The predicted octanol–water partition coefficient (Wildman–Crippen LogP) is 1.76. The molecule has 2 atom stereocenters. The molecule has 0 spiro atoms. The molecule has 2 heterocycles. The van der Waals surface area contributed by atoms with Crippen LogP contribution in [0.5, 0.6) is 5.75 Å². The number of methoxy groups -OCH3 is 1. The van der Waals surface area contributed by atoms with Gasteiger partial charge in [0.25, 0.3) is 5.91 Å². The number of rotatable bonds is 9. The highest BCUT2D eigenvalue weighted by Crippen LogP contribution is 2.31. The smallest absolute Gasteiger partial charge is 0.272 e. The molecule has 3 rings (SSSR count). The molecule has 1 amide bonds. The van der Waals surface area contributed by atoms with Crippen LogP contribution in [0.2, 0.25) is 0 Å². The highest BCUT2D eigenvalue weighted by molar-refractivity contribution is 7.98. The number of hydrogen-bond acceptors (Lipinski definition) is 7. The van der Waals surface area contributed by atoms with Crippen LogP contribution in [0.1, 0.15) is 29.4 Å². The van der Waals surface area contributed by atoms with Gasteiger partial charge in [0, 0.05) is 5.56 Å². The fraction of sp³-hybridized carbons (Fsp3) is 0.500. The molecule has 1 aromatic carbocycles. The number of carbonyl (C=O) groups excluding carboxylic acids is 1. The number of aliphatic hydroxyl groups excluding tert-OH is 1. The molecule has 1 aliphatic heterocycles. The number of amides is 1. The molecule has 1 fully saturated rings. The summed E-state index contributed by atoms with van der Waals surface area (Å²) in [4.78, 5) is 12.8. The largest absolute Gasteiger partial charge is 0.497 e. The van der Waals surface area contributed by atoms with Crippen molar-refractivity contribution in [3.63, 3.8) is 0 Å². The summed E-state index contributed by atoms with van der Waals surface area (Å²) >= 11 is 1.64. The van der Waals surface area contributed by atoms with E-state index in [-0.39, 0.29) is 41.8 Å². The first kappa shape index (κ1) is 22.6. The third-order valence-electron chi connectivity index (χ3n) is 5.13. The minimum atomic E-state index is -3.11. The lowest BCUT2D eigenvalue weighted by Crippen LogP contribution is -2.38. The molecule has 2 N–H and O–H groups in total. The van der Waals surface area contributed by atoms with Gasteiger partial charge in [-0.25, -0.2) is 8.42 Å². The van der Waals surface area contributed by atoms with Gasteiger partial charge in [-0.2, -0.15) is 16.9 Å². The van der Waals surface area contributed by atoms with Crippen LogP contribution in [-0.2, 0) is 9.84 Å². The molecule has 0 bridgehead atoms. The number of nitrogens with zero attached hydrogens (tertiary/aromatic N) is 2. The van der Waals surface area contributed by atoms with E-state index < -0.39 is 9.84 Å². The zero-order valence-electron chi connectivity index (χ0n) is 17.1. The average Bonchev–Trinajstić information content (AvgIpc) is 3.34. The Morgan fingerprint density at radius 2 is 2.13 bits per heavy atom. The van der Waals surface area contributed by atoms with E-state index in [1.807, 2.05) is 30.5 Å². The van der Waals surface area contributed by atoms with Gasteiger partial charge in [0.15, 0.2) is 15.5 Å². The van der Waals surface area contributed by atoms with Gasteiger partial charge in [0.05, 0.1) is 43.0 Å². The quantitative estimate of drug-likeness (QED) is 0.595. The highest BCUT2D eigenvalue weighted by Gasteiger charge is 2.32. The molecule has 10 heteroatoms. The van der Waals surface area contributed by atoms with E-state index >= 15 is 0 Å². The third-order valence-corrected chi connectivity index (χ3v) is 7.53.